The summed E-state index contributed by atoms with van der Waals surface area (Å²) in [6, 6.07) is 0.829. The molecule has 2 rings (SSSR count). The summed E-state index contributed by atoms with van der Waals surface area (Å²) < 4.78 is 0. The van der Waals surface area contributed by atoms with Crippen molar-refractivity contribution in [3.8, 4) is 0 Å². The standard InChI is InChI=1S/C15H28N2O/c1-11(2)15(8-9-16-10-15)14(18)17-12(3)6-5-7-13(17)4/h11-13,16H,5-10H2,1-4H3. The van der Waals surface area contributed by atoms with E-state index in [1.807, 2.05) is 0 Å². The highest BCUT2D eigenvalue weighted by atomic mass is 16.2. The molecule has 2 heterocycles. The van der Waals surface area contributed by atoms with Crippen LogP contribution in [-0.2, 0) is 4.79 Å². The molecule has 0 spiro atoms. The molecule has 2 aliphatic heterocycles. The summed E-state index contributed by atoms with van der Waals surface area (Å²) in [7, 11) is 0. The van der Waals surface area contributed by atoms with Gasteiger partial charge in [-0.1, -0.05) is 13.8 Å². The first-order valence-electron chi connectivity index (χ1n) is 7.52. The molecule has 3 atom stereocenters. The van der Waals surface area contributed by atoms with Crippen LogP contribution >= 0.6 is 0 Å². The first-order chi connectivity index (χ1) is 8.49. The van der Waals surface area contributed by atoms with Gasteiger partial charge in [-0.15, -0.1) is 0 Å². The molecule has 0 bridgehead atoms. The molecule has 0 aromatic heterocycles. The molecule has 2 fully saturated rings. The van der Waals surface area contributed by atoms with Gasteiger partial charge in [0.1, 0.15) is 0 Å². The zero-order chi connectivity index (χ0) is 13.3. The molecule has 3 nitrogen and oxygen atoms in total. The van der Waals surface area contributed by atoms with Gasteiger partial charge in [-0.2, -0.15) is 0 Å². The van der Waals surface area contributed by atoms with E-state index < -0.39 is 0 Å². The lowest BCUT2D eigenvalue weighted by Crippen LogP contribution is -2.55. The van der Waals surface area contributed by atoms with Gasteiger partial charge in [0, 0.05) is 18.6 Å². The fourth-order valence-corrected chi connectivity index (χ4v) is 3.71. The summed E-state index contributed by atoms with van der Waals surface area (Å²) >= 11 is 0. The van der Waals surface area contributed by atoms with E-state index in [2.05, 4.69) is 37.9 Å². The van der Waals surface area contributed by atoms with Gasteiger partial charge in [0.05, 0.1) is 5.41 Å². The number of hydrogen-bond donors (Lipinski definition) is 1. The number of hydrogen-bond acceptors (Lipinski definition) is 2. The lowest BCUT2D eigenvalue weighted by atomic mass is 9.74. The van der Waals surface area contributed by atoms with E-state index in [9.17, 15) is 4.79 Å². The van der Waals surface area contributed by atoms with Gasteiger partial charge < -0.3 is 10.2 Å². The van der Waals surface area contributed by atoms with Gasteiger partial charge in [-0.25, -0.2) is 0 Å². The van der Waals surface area contributed by atoms with E-state index in [1.165, 1.54) is 6.42 Å². The highest BCUT2D eigenvalue weighted by Gasteiger charge is 2.48. The minimum Gasteiger partial charge on any atom is -0.337 e. The summed E-state index contributed by atoms with van der Waals surface area (Å²) in [4.78, 5) is 15.3. The van der Waals surface area contributed by atoms with Gasteiger partial charge in [-0.05, 0) is 52.0 Å². The van der Waals surface area contributed by atoms with E-state index in [1.54, 1.807) is 0 Å². The number of likely N-dealkylation sites (tertiary alicyclic amines) is 1. The zero-order valence-electron chi connectivity index (χ0n) is 12.3. The number of piperidine rings is 1. The van der Waals surface area contributed by atoms with Crippen molar-refractivity contribution in [2.45, 2.75) is 65.5 Å². The Morgan fingerprint density at radius 3 is 2.33 bits per heavy atom. The van der Waals surface area contributed by atoms with Crippen molar-refractivity contribution in [2.75, 3.05) is 13.1 Å². The zero-order valence-corrected chi connectivity index (χ0v) is 12.3. The Labute approximate surface area is 111 Å². The van der Waals surface area contributed by atoms with Crippen LogP contribution in [0.15, 0.2) is 0 Å². The average Bonchev–Trinajstić information content (AvgIpc) is 2.78. The Balaban J connectivity index is 2.22. The predicted octanol–water partition coefficient (Wildman–Crippen LogP) is 2.41. The van der Waals surface area contributed by atoms with Crippen LogP contribution in [0.3, 0.4) is 0 Å². The molecule has 2 aliphatic rings. The smallest absolute Gasteiger partial charge is 0.230 e. The number of carbonyl (C=O) groups is 1. The third-order valence-corrected chi connectivity index (χ3v) is 5.15. The normalized spacial score (nSPS) is 37.3. The molecular weight excluding hydrogens is 224 g/mol. The van der Waals surface area contributed by atoms with Crippen LogP contribution in [0, 0.1) is 11.3 Å². The lowest BCUT2D eigenvalue weighted by molar-refractivity contribution is -0.150. The van der Waals surface area contributed by atoms with Crippen molar-refractivity contribution in [2.24, 2.45) is 11.3 Å². The van der Waals surface area contributed by atoms with Crippen molar-refractivity contribution in [1.29, 1.82) is 0 Å². The molecule has 104 valence electrons. The van der Waals surface area contributed by atoms with Gasteiger partial charge >= 0.3 is 0 Å². The Hall–Kier alpha value is -0.570. The summed E-state index contributed by atoms with van der Waals surface area (Å²) in [5.41, 5.74) is -0.153. The third kappa shape index (κ3) is 2.18. The van der Waals surface area contributed by atoms with Crippen molar-refractivity contribution in [1.82, 2.24) is 10.2 Å². The van der Waals surface area contributed by atoms with Gasteiger partial charge in [-0.3, -0.25) is 4.79 Å². The van der Waals surface area contributed by atoms with E-state index >= 15 is 0 Å². The second-order valence-corrected chi connectivity index (χ2v) is 6.58. The summed E-state index contributed by atoms with van der Waals surface area (Å²) in [6.45, 7) is 10.7. The highest BCUT2D eigenvalue weighted by molar-refractivity contribution is 5.84. The van der Waals surface area contributed by atoms with E-state index in [4.69, 9.17) is 0 Å². The largest absolute Gasteiger partial charge is 0.337 e. The molecule has 0 aliphatic carbocycles. The monoisotopic (exact) mass is 252 g/mol. The van der Waals surface area contributed by atoms with E-state index in [-0.39, 0.29) is 5.41 Å². The molecule has 0 saturated carbocycles. The van der Waals surface area contributed by atoms with Crippen LogP contribution < -0.4 is 5.32 Å². The second-order valence-electron chi connectivity index (χ2n) is 6.58. The van der Waals surface area contributed by atoms with Crippen molar-refractivity contribution >= 4 is 5.91 Å². The fourth-order valence-electron chi connectivity index (χ4n) is 3.71. The molecule has 18 heavy (non-hydrogen) atoms. The number of rotatable bonds is 2. The lowest BCUT2D eigenvalue weighted by Gasteiger charge is -2.45. The third-order valence-electron chi connectivity index (χ3n) is 5.15. The first-order valence-corrected chi connectivity index (χ1v) is 7.52. The van der Waals surface area contributed by atoms with E-state index in [0.717, 1.165) is 32.4 Å². The Morgan fingerprint density at radius 2 is 1.89 bits per heavy atom. The summed E-state index contributed by atoms with van der Waals surface area (Å²) in [5.74, 6) is 0.823. The maximum Gasteiger partial charge on any atom is 0.230 e. The number of nitrogens with one attached hydrogen (secondary N) is 1. The molecule has 0 aromatic rings. The highest BCUT2D eigenvalue weighted by Crippen LogP contribution is 2.38. The quantitative estimate of drug-likeness (QED) is 0.818. The topological polar surface area (TPSA) is 32.3 Å². The van der Waals surface area contributed by atoms with Crippen LogP contribution in [0.1, 0.15) is 53.4 Å². The van der Waals surface area contributed by atoms with Crippen LogP contribution in [0.4, 0.5) is 0 Å². The molecule has 0 radical (unpaired) electrons. The van der Waals surface area contributed by atoms with Crippen LogP contribution in [0.25, 0.3) is 0 Å². The summed E-state index contributed by atoms with van der Waals surface area (Å²) in [5, 5.41) is 3.40. The Morgan fingerprint density at radius 1 is 1.28 bits per heavy atom. The minimum atomic E-state index is -0.153. The Bertz CT molecular complexity index is 298. The summed E-state index contributed by atoms with van der Waals surface area (Å²) in [6.07, 6.45) is 4.59. The number of amides is 1. The van der Waals surface area contributed by atoms with Crippen LogP contribution in [-0.4, -0.2) is 36.0 Å². The van der Waals surface area contributed by atoms with Crippen LogP contribution in [0.2, 0.25) is 0 Å². The molecule has 3 heteroatoms. The van der Waals surface area contributed by atoms with Gasteiger partial charge in [0.15, 0.2) is 0 Å². The first kappa shape index (κ1) is 13.9. The molecule has 0 aromatic carbocycles. The van der Waals surface area contributed by atoms with Gasteiger partial charge in [0.2, 0.25) is 5.91 Å². The molecular formula is C15H28N2O. The van der Waals surface area contributed by atoms with Crippen molar-refractivity contribution < 1.29 is 4.79 Å². The Kier molecular flexibility index (Phi) is 4.00. The SMILES string of the molecule is CC1CCCC(C)N1C(=O)C1(C(C)C)CCNC1. The van der Waals surface area contributed by atoms with E-state index in [0.29, 0.717) is 23.9 Å². The number of nitrogens with zero attached hydrogens (tertiary/aromatic N) is 1. The fraction of sp³-hybridized carbons (Fsp3) is 0.933. The second kappa shape index (κ2) is 5.20. The molecule has 1 amide bonds. The molecule has 1 N–H and O–H groups in total. The maximum atomic E-state index is 13.1. The molecule has 3 unspecified atom stereocenters. The minimum absolute atomic E-state index is 0.153. The van der Waals surface area contributed by atoms with Crippen molar-refractivity contribution in [3.05, 3.63) is 0 Å². The number of carbonyl (C=O) groups excluding carboxylic acids is 1. The van der Waals surface area contributed by atoms with Crippen LogP contribution in [0.5, 0.6) is 0 Å². The average molecular weight is 252 g/mol. The maximum absolute atomic E-state index is 13.1. The van der Waals surface area contributed by atoms with Gasteiger partial charge in [0.25, 0.3) is 0 Å². The predicted molar refractivity (Wildman–Crippen MR) is 74.4 cm³/mol. The van der Waals surface area contributed by atoms with Crippen molar-refractivity contribution in [3.63, 3.8) is 0 Å². The molecule has 2 saturated heterocycles.